The lowest BCUT2D eigenvalue weighted by Crippen LogP contribution is -2.13. The van der Waals surface area contributed by atoms with Gasteiger partial charge in [0.25, 0.3) is 10.0 Å². The third-order valence-corrected chi connectivity index (χ3v) is 5.60. The van der Waals surface area contributed by atoms with Crippen molar-refractivity contribution >= 4 is 43.4 Å². The maximum Gasteiger partial charge on any atom is 0.336 e. The number of hydrogen-bond donors (Lipinski definition) is 3. The van der Waals surface area contributed by atoms with Gasteiger partial charge in [-0.15, -0.1) is 0 Å². The monoisotopic (exact) mass is 366 g/mol. The number of aromatic nitrogens is 1. The predicted octanol–water partition coefficient (Wildman–Crippen LogP) is 3.82. The Hall–Kier alpha value is -3.32. The molecule has 0 saturated heterocycles. The van der Waals surface area contributed by atoms with Crippen LogP contribution in [0, 0.1) is 0 Å². The lowest BCUT2D eigenvalue weighted by molar-refractivity contribution is 0.0699. The average Bonchev–Trinajstić information content (AvgIpc) is 3.09. The first-order chi connectivity index (χ1) is 12.5. The molecule has 1 heterocycles. The molecule has 130 valence electrons. The highest BCUT2D eigenvalue weighted by molar-refractivity contribution is 7.92. The summed E-state index contributed by atoms with van der Waals surface area (Å²) >= 11 is 0. The molecule has 1 aromatic heterocycles. The van der Waals surface area contributed by atoms with Gasteiger partial charge in [0.2, 0.25) is 0 Å². The van der Waals surface area contributed by atoms with Gasteiger partial charge in [0, 0.05) is 22.5 Å². The summed E-state index contributed by atoms with van der Waals surface area (Å²) in [5.41, 5.74) is 1.30. The van der Waals surface area contributed by atoms with Crippen molar-refractivity contribution in [1.82, 2.24) is 4.98 Å². The van der Waals surface area contributed by atoms with Crippen LogP contribution in [-0.2, 0) is 10.0 Å². The predicted molar refractivity (Wildman–Crippen MR) is 100 cm³/mol. The van der Waals surface area contributed by atoms with Crippen LogP contribution in [0.3, 0.4) is 0 Å². The number of carboxylic acid groups (broad SMARTS) is 1. The minimum absolute atomic E-state index is 0.122. The van der Waals surface area contributed by atoms with E-state index in [4.69, 9.17) is 0 Å². The van der Waals surface area contributed by atoms with Gasteiger partial charge in [0.1, 0.15) is 0 Å². The van der Waals surface area contributed by atoms with Gasteiger partial charge in [0.15, 0.2) is 0 Å². The SMILES string of the molecule is O=C(O)c1ccc(NS(=O)(=O)c2ccc3[nH]ccc3c2)c2ccccc12. The maximum absolute atomic E-state index is 12.8. The Kier molecular flexibility index (Phi) is 3.66. The minimum Gasteiger partial charge on any atom is -0.478 e. The third-order valence-electron chi connectivity index (χ3n) is 4.23. The van der Waals surface area contributed by atoms with E-state index in [-0.39, 0.29) is 10.5 Å². The second-order valence-electron chi connectivity index (χ2n) is 5.84. The molecule has 0 fully saturated rings. The molecular weight excluding hydrogens is 352 g/mol. The highest BCUT2D eigenvalue weighted by Gasteiger charge is 2.18. The molecule has 0 amide bonds. The van der Waals surface area contributed by atoms with Crippen molar-refractivity contribution in [3.63, 3.8) is 0 Å². The van der Waals surface area contributed by atoms with Gasteiger partial charge in [0.05, 0.1) is 16.1 Å². The smallest absolute Gasteiger partial charge is 0.336 e. The topological polar surface area (TPSA) is 99.3 Å². The molecule has 4 aromatic rings. The molecule has 3 N–H and O–H groups in total. The second-order valence-corrected chi connectivity index (χ2v) is 7.53. The van der Waals surface area contributed by atoms with Gasteiger partial charge in [-0.05, 0) is 41.8 Å². The van der Waals surface area contributed by atoms with E-state index in [9.17, 15) is 18.3 Å². The molecule has 0 aliphatic rings. The molecule has 0 aliphatic carbocycles. The number of aromatic amines is 1. The number of fused-ring (bicyclic) bond motifs is 2. The molecule has 0 bridgehead atoms. The van der Waals surface area contributed by atoms with Crippen molar-refractivity contribution in [2.24, 2.45) is 0 Å². The lowest BCUT2D eigenvalue weighted by atomic mass is 10.0. The fourth-order valence-corrected chi connectivity index (χ4v) is 4.09. The fraction of sp³-hybridized carbons (Fsp3) is 0. The van der Waals surface area contributed by atoms with E-state index in [2.05, 4.69) is 9.71 Å². The molecular formula is C19H14N2O4S. The van der Waals surface area contributed by atoms with Crippen LogP contribution in [0.5, 0.6) is 0 Å². The van der Waals surface area contributed by atoms with Gasteiger partial charge in [-0.1, -0.05) is 24.3 Å². The summed E-state index contributed by atoms with van der Waals surface area (Å²) in [5, 5.41) is 11.1. The second kappa shape index (κ2) is 5.89. The number of nitrogens with one attached hydrogen (secondary N) is 2. The van der Waals surface area contributed by atoms with E-state index < -0.39 is 16.0 Å². The number of anilines is 1. The number of rotatable bonds is 4. The summed E-state index contributed by atoms with van der Waals surface area (Å²) in [6.45, 7) is 0. The van der Waals surface area contributed by atoms with Crippen LogP contribution in [0.25, 0.3) is 21.7 Å². The molecule has 0 unspecified atom stereocenters. The number of benzene rings is 3. The number of carboxylic acids is 1. The standard InChI is InChI=1S/C19H14N2O4S/c22-19(23)16-6-8-18(15-4-2-1-3-14(15)16)21-26(24,25)13-5-7-17-12(11-13)9-10-20-17/h1-11,20-21H,(H,22,23). The van der Waals surface area contributed by atoms with Crippen molar-refractivity contribution < 1.29 is 18.3 Å². The van der Waals surface area contributed by atoms with Crippen LogP contribution < -0.4 is 4.72 Å². The molecule has 0 spiro atoms. The highest BCUT2D eigenvalue weighted by Crippen LogP contribution is 2.29. The zero-order chi connectivity index (χ0) is 18.3. The van der Waals surface area contributed by atoms with Crippen LogP contribution in [0.4, 0.5) is 5.69 Å². The third kappa shape index (κ3) is 2.68. The summed E-state index contributed by atoms with van der Waals surface area (Å²) in [6, 6.07) is 16.3. The molecule has 0 radical (unpaired) electrons. The minimum atomic E-state index is -3.82. The summed E-state index contributed by atoms with van der Waals surface area (Å²) in [5.74, 6) is -1.06. The average molecular weight is 366 g/mol. The molecule has 0 aliphatic heterocycles. The molecule has 0 saturated carbocycles. The summed E-state index contributed by atoms with van der Waals surface area (Å²) in [4.78, 5) is 14.5. The fourth-order valence-electron chi connectivity index (χ4n) is 2.98. The van der Waals surface area contributed by atoms with Gasteiger partial charge in [-0.25, -0.2) is 13.2 Å². The van der Waals surface area contributed by atoms with Crippen LogP contribution in [-0.4, -0.2) is 24.5 Å². The summed E-state index contributed by atoms with van der Waals surface area (Å²) in [7, 11) is -3.82. The first-order valence-electron chi connectivity index (χ1n) is 7.81. The van der Waals surface area contributed by atoms with Gasteiger partial charge in [-0.3, -0.25) is 4.72 Å². The quantitative estimate of drug-likeness (QED) is 0.511. The van der Waals surface area contributed by atoms with Crippen LogP contribution in [0.15, 0.2) is 71.8 Å². The lowest BCUT2D eigenvalue weighted by Gasteiger charge is -2.12. The number of H-pyrrole nitrogens is 1. The van der Waals surface area contributed by atoms with Gasteiger partial charge < -0.3 is 10.1 Å². The normalized spacial score (nSPS) is 11.7. The Morgan fingerprint density at radius 3 is 2.50 bits per heavy atom. The highest BCUT2D eigenvalue weighted by atomic mass is 32.2. The molecule has 4 rings (SSSR count). The maximum atomic E-state index is 12.8. The molecule has 6 nitrogen and oxygen atoms in total. The van der Waals surface area contributed by atoms with E-state index in [0.29, 0.717) is 16.5 Å². The van der Waals surface area contributed by atoms with Crippen molar-refractivity contribution in [2.75, 3.05) is 4.72 Å². The van der Waals surface area contributed by atoms with E-state index in [0.717, 1.165) is 10.9 Å². The van der Waals surface area contributed by atoms with E-state index >= 15 is 0 Å². The van der Waals surface area contributed by atoms with Crippen molar-refractivity contribution in [1.29, 1.82) is 0 Å². The number of aromatic carboxylic acids is 1. The Labute approximate surface area is 149 Å². The number of hydrogen-bond acceptors (Lipinski definition) is 3. The zero-order valence-electron chi connectivity index (χ0n) is 13.4. The molecule has 26 heavy (non-hydrogen) atoms. The number of carbonyl (C=O) groups is 1. The Morgan fingerprint density at radius 1 is 0.962 bits per heavy atom. The van der Waals surface area contributed by atoms with Crippen molar-refractivity contribution in [2.45, 2.75) is 4.90 Å². The Balaban J connectivity index is 1.81. The van der Waals surface area contributed by atoms with Gasteiger partial charge in [-0.2, -0.15) is 0 Å². The first kappa shape index (κ1) is 16.2. The van der Waals surface area contributed by atoms with Crippen LogP contribution >= 0.6 is 0 Å². The van der Waals surface area contributed by atoms with Crippen molar-refractivity contribution in [3.05, 3.63) is 72.4 Å². The molecule has 0 atom stereocenters. The largest absolute Gasteiger partial charge is 0.478 e. The Bertz CT molecular complexity index is 1260. The van der Waals surface area contributed by atoms with Crippen molar-refractivity contribution in [3.8, 4) is 0 Å². The number of sulfonamides is 1. The summed E-state index contributed by atoms with van der Waals surface area (Å²) in [6.07, 6.45) is 1.74. The van der Waals surface area contributed by atoms with E-state index in [1.807, 2.05) is 0 Å². The molecule has 7 heteroatoms. The van der Waals surface area contributed by atoms with Gasteiger partial charge >= 0.3 is 5.97 Å². The van der Waals surface area contributed by atoms with Crippen LogP contribution in [0.2, 0.25) is 0 Å². The van der Waals surface area contributed by atoms with E-state index in [1.165, 1.54) is 18.2 Å². The zero-order valence-corrected chi connectivity index (χ0v) is 14.2. The first-order valence-corrected chi connectivity index (χ1v) is 9.29. The van der Waals surface area contributed by atoms with Crippen LogP contribution in [0.1, 0.15) is 10.4 Å². The van der Waals surface area contributed by atoms with E-state index in [1.54, 1.807) is 48.7 Å². The summed E-state index contributed by atoms with van der Waals surface area (Å²) < 4.78 is 28.2. The molecule has 3 aromatic carbocycles. The Morgan fingerprint density at radius 2 is 1.73 bits per heavy atom.